The predicted octanol–water partition coefficient (Wildman–Crippen LogP) is 0.928. The van der Waals surface area contributed by atoms with Crippen molar-refractivity contribution in [1.82, 2.24) is 20.4 Å². The summed E-state index contributed by atoms with van der Waals surface area (Å²) in [5, 5.41) is 10.8. The Hall–Kier alpha value is -1.52. The molecule has 1 fully saturated rings. The lowest BCUT2D eigenvalue weighted by atomic mass is 10.2. The van der Waals surface area contributed by atoms with Crippen molar-refractivity contribution in [3.63, 3.8) is 0 Å². The maximum absolute atomic E-state index is 4.59. The van der Waals surface area contributed by atoms with E-state index in [0.717, 1.165) is 37.9 Å². The Morgan fingerprint density at radius 1 is 1.50 bits per heavy atom. The molecule has 1 aliphatic rings. The highest BCUT2D eigenvalue weighted by Gasteiger charge is 2.20. The molecule has 0 saturated heterocycles. The van der Waals surface area contributed by atoms with Gasteiger partial charge in [-0.1, -0.05) is 0 Å². The van der Waals surface area contributed by atoms with E-state index in [4.69, 9.17) is 0 Å². The van der Waals surface area contributed by atoms with E-state index in [0.29, 0.717) is 0 Å². The summed E-state index contributed by atoms with van der Waals surface area (Å²) in [6.45, 7) is 4.85. The Kier molecular flexibility index (Phi) is 4.61. The number of aromatic nitrogens is 2. The highest BCUT2D eigenvalue weighted by Crippen LogP contribution is 2.28. The zero-order valence-corrected chi connectivity index (χ0v) is 11.3. The van der Waals surface area contributed by atoms with Gasteiger partial charge >= 0.3 is 0 Å². The number of aliphatic imine (C=N–C) groups is 1. The Bertz CT molecular complexity index is 392. The maximum Gasteiger partial charge on any atom is 0.191 e. The van der Waals surface area contributed by atoms with Crippen molar-refractivity contribution in [1.29, 1.82) is 0 Å². The number of hydrogen-bond donors (Lipinski definition) is 2. The molecule has 1 aliphatic carbocycles. The molecule has 1 heterocycles. The van der Waals surface area contributed by atoms with Crippen molar-refractivity contribution in [3.8, 4) is 0 Å². The smallest absolute Gasteiger partial charge is 0.191 e. The minimum atomic E-state index is 0.832. The van der Waals surface area contributed by atoms with Crippen LogP contribution in [0, 0.1) is 5.92 Å². The van der Waals surface area contributed by atoms with Gasteiger partial charge in [-0.25, -0.2) is 0 Å². The second-order valence-corrected chi connectivity index (χ2v) is 4.86. The van der Waals surface area contributed by atoms with Crippen LogP contribution in [0.25, 0.3) is 0 Å². The first kappa shape index (κ1) is 12.9. The summed E-state index contributed by atoms with van der Waals surface area (Å²) in [6.07, 6.45) is 7.63. The van der Waals surface area contributed by atoms with Crippen LogP contribution in [-0.4, -0.2) is 35.4 Å². The first-order chi connectivity index (χ1) is 8.78. The first-order valence-corrected chi connectivity index (χ1v) is 6.77. The lowest BCUT2D eigenvalue weighted by Gasteiger charge is -2.10. The van der Waals surface area contributed by atoms with Crippen LogP contribution < -0.4 is 10.6 Å². The molecular weight excluding hydrogens is 226 g/mol. The van der Waals surface area contributed by atoms with Crippen molar-refractivity contribution >= 4 is 5.96 Å². The van der Waals surface area contributed by atoms with Gasteiger partial charge in [0.05, 0.1) is 6.20 Å². The van der Waals surface area contributed by atoms with Gasteiger partial charge in [0.15, 0.2) is 5.96 Å². The molecule has 2 rings (SSSR count). The average molecular weight is 249 g/mol. The van der Waals surface area contributed by atoms with Gasteiger partial charge in [0.2, 0.25) is 0 Å². The Morgan fingerprint density at radius 2 is 2.33 bits per heavy atom. The molecule has 0 unspecified atom stereocenters. The van der Waals surface area contributed by atoms with Gasteiger partial charge < -0.3 is 10.6 Å². The third-order valence-electron chi connectivity index (χ3n) is 3.01. The molecule has 0 aromatic carbocycles. The molecule has 0 radical (unpaired) electrons. The standard InChI is InChI=1S/C13H23N5/c1-3-14-13(16-8-11-4-5-11)15-7-6-12-9-17-18(2)10-12/h9-11H,3-8H2,1-2H3,(H2,14,15,16). The van der Waals surface area contributed by atoms with E-state index < -0.39 is 0 Å². The van der Waals surface area contributed by atoms with E-state index in [1.54, 1.807) is 0 Å². The second kappa shape index (κ2) is 6.42. The van der Waals surface area contributed by atoms with E-state index in [-0.39, 0.29) is 0 Å². The molecule has 100 valence electrons. The molecule has 0 aliphatic heterocycles. The third-order valence-corrected chi connectivity index (χ3v) is 3.01. The molecule has 1 aromatic heterocycles. The minimum Gasteiger partial charge on any atom is -0.357 e. The average Bonchev–Trinajstić information content (AvgIpc) is 3.09. The highest BCUT2D eigenvalue weighted by atomic mass is 15.2. The Labute approximate surface area is 109 Å². The van der Waals surface area contributed by atoms with Gasteiger partial charge in [-0.15, -0.1) is 0 Å². The fourth-order valence-corrected chi connectivity index (χ4v) is 1.79. The van der Waals surface area contributed by atoms with Crippen molar-refractivity contribution in [2.45, 2.75) is 26.2 Å². The molecule has 0 spiro atoms. The Morgan fingerprint density at radius 3 is 2.94 bits per heavy atom. The summed E-state index contributed by atoms with van der Waals surface area (Å²) in [5.74, 6) is 1.77. The fourth-order valence-electron chi connectivity index (χ4n) is 1.79. The molecule has 0 bridgehead atoms. The monoisotopic (exact) mass is 249 g/mol. The van der Waals surface area contributed by atoms with E-state index in [1.807, 2.05) is 17.9 Å². The maximum atomic E-state index is 4.59. The molecule has 18 heavy (non-hydrogen) atoms. The number of hydrogen-bond acceptors (Lipinski definition) is 2. The van der Waals surface area contributed by atoms with Gasteiger partial charge in [0, 0.05) is 32.9 Å². The predicted molar refractivity (Wildman–Crippen MR) is 73.6 cm³/mol. The summed E-state index contributed by atoms with van der Waals surface area (Å²) in [6, 6.07) is 0. The number of guanidine groups is 1. The van der Waals surface area contributed by atoms with Crippen LogP contribution in [0.5, 0.6) is 0 Å². The van der Waals surface area contributed by atoms with Crippen molar-refractivity contribution in [2.24, 2.45) is 18.0 Å². The van der Waals surface area contributed by atoms with E-state index in [2.05, 4.69) is 33.8 Å². The van der Waals surface area contributed by atoms with Gasteiger partial charge in [-0.05, 0) is 37.7 Å². The normalized spacial score (nSPS) is 15.8. The SMILES string of the molecule is CCNC(=NCC1CC1)NCCc1cnn(C)c1. The van der Waals surface area contributed by atoms with E-state index >= 15 is 0 Å². The van der Waals surface area contributed by atoms with E-state index in [1.165, 1.54) is 18.4 Å². The van der Waals surface area contributed by atoms with Gasteiger partial charge in [0.25, 0.3) is 0 Å². The van der Waals surface area contributed by atoms with Crippen LogP contribution in [0.15, 0.2) is 17.4 Å². The summed E-state index contributed by atoms with van der Waals surface area (Å²) in [4.78, 5) is 4.59. The van der Waals surface area contributed by atoms with Crippen LogP contribution in [0.2, 0.25) is 0 Å². The number of aryl methyl sites for hydroxylation is 1. The van der Waals surface area contributed by atoms with Crippen LogP contribution in [0.1, 0.15) is 25.3 Å². The summed E-state index contributed by atoms with van der Waals surface area (Å²) in [5.41, 5.74) is 1.25. The van der Waals surface area contributed by atoms with Crippen LogP contribution in [0.4, 0.5) is 0 Å². The molecule has 0 amide bonds. The molecule has 0 atom stereocenters. The molecule has 5 heteroatoms. The third kappa shape index (κ3) is 4.39. The van der Waals surface area contributed by atoms with Gasteiger partial charge in [0.1, 0.15) is 0 Å². The molecule has 1 aromatic rings. The number of rotatable bonds is 6. The quantitative estimate of drug-likeness (QED) is 0.582. The fraction of sp³-hybridized carbons (Fsp3) is 0.692. The minimum absolute atomic E-state index is 0.832. The molecule has 5 nitrogen and oxygen atoms in total. The topological polar surface area (TPSA) is 54.2 Å². The van der Waals surface area contributed by atoms with Gasteiger partial charge in [-0.3, -0.25) is 9.67 Å². The zero-order chi connectivity index (χ0) is 12.8. The lowest BCUT2D eigenvalue weighted by molar-refractivity contribution is 0.763. The summed E-state index contributed by atoms with van der Waals surface area (Å²) < 4.78 is 1.84. The number of nitrogens with one attached hydrogen (secondary N) is 2. The molecule has 2 N–H and O–H groups in total. The summed E-state index contributed by atoms with van der Waals surface area (Å²) >= 11 is 0. The van der Waals surface area contributed by atoms with Gasteiger partial charge in [-0.2, -0.15) is 5.10 Å². The summed E-state index contributed by atoms with van der Waals surface area (Å²) in [7, 11) is 1.94. The largest absolute Gasteiger partial charge is 0.357 e. The first-order valence-electron chi connectivity index (χ1n) is 6.77. The van der Waals surface area contributed by atoms with Crippen molar-refractivity contribution < 1.29 is 0 Å². The number of nitrogens with zero attached hydrogens (tertiary/aromatic N) is 3. The lowest BCUT2D eigenvalue weighted by Crippen LogP contribution is -2.38. The van der Waals surface area contributed by atoms with E-state index in [9.17, 15) is 0 Å². The van der Waals surface area contributed by atoms with Crippen molar-refractivity contribution in [2.75, 3.05) is 19.6 Å². The van der Waals surface area contributed by atoms with Crippen LogP contribution in [-0.2, 0) is 13.5 Å². The second-order valence-electron chi connectivity index (χ2n) is 4.86. The van der Waals surface area contributed by atoms with Crippen LogP contribution >= 0.6 is 0 Å². The highest BCUT2D eigenvalue weighted by molar-refractivity contribution is 5.79. The van der Waals surface area contributed by atoms with Crippen molar-refractivity contribution in [3.05, 3.63) is 18.0 Å². The van der Waals surface area contributed by atoms with Crippen LogP contribution in [0.3, 0.4) is 0 Å². The zero-order valence-electron chi connectivity index (χ0n) is 11.3. The molecule has 1 saturated carbocycles. The molecular formula is C13H23N5. The Balaban J connectivity index is 1.72.